The molecule has 9 heteroatoms. The van der Waals surface area contributed by atoms with Gasteiger partial charge in [-0.1, -0.05) is 54.6 Å². The highest BCUT2D eigenvalue weighted by Gasteiger charge is 2.17. The summed E-state index contributed by atoms with van der Waals surface area (Å²) in [7, 11) is 0. The van der Waals surface area contributed by atoms with E-state index < -0.39 is 0 Å². The zero-order valence-electron chi connectivity index (χ0n) is 19.0. The Bertz CT molecular complexity index is 1500. The molecule has 0 radical (unpaired) electrons. The molecule has 1 fully saturated rings. The Morgan fingerprint density at radius 2 is 1.63 bits per heavy atom. The van der Waals surface area contributed by atoms with Crippen molar-refractivity contribution in [1.82, 2.24) is 19.9 Å². The SMILES string of the molecule is C(=N/Nc1nc(Nc2cccc3ccccc23)nc(N2CCOCC2)n1)/c1c[nH]c2ccccc12. The number of aromatic amines is 1. The molecule has 2 aromatic heterocycles. The Kier molecular flexibility index (Phi) is 5.65. The summed E-state index contributed by atoms with van der Waals surface area (Å²) in [6.07, 6.45) is 3.69. The third-order valence-electron chi connectivity index (χ3n) is 5.94. The number of rotatable bonds is 6. The van der Waals surface area contributed by atoms with Crippen LogP contribution in [0.2, 0.25) is 0 Å². The van der Waals surface area contributed by atoms with Gasteiger partial charge in [-0.3, -0.25) is 0 Å². The molecule has 5 aromatic rings. The smallest absolute Gasteiger partial charge is 0.250 e. The fraction of sp³-hybridized carbons (Fsp3) is 0.154. The van der Waals surface area contributed by atoms with E-state index in [-0.39, 0.29) is 0 Å². The van der Waals surface area contributed by atoms with Crippen molar-refractivity contribution in [2.24, 2.45) is 5.10 Å². The average Bonchev–Trinajstić information content (AvgIpc) is 3.32. The van der Waals surface area contributed by atoms with E-state index in [1.54, 1.807) is 6.21 Å². The lowest BCUT2D eigenvalue weighted by Crippen LogP contribution is -2.37. The van der Waals surface area contributed by atoms with Crippen molar-refractivity contribution in [3.05, 3.63) is 78.5 Å². The van der Waals surface area contributed by atoms with Crippen molar-refractivity contribution >= 4 is 51.4 Å². The van der Waals surface area contributed by atoms with Crippen LogP contribution in [0.3, 0.4) is 0 Å². The molecule has 9 nitrogen and oxygen atoms in total. The average molecular weight is 465 g/mol. The first-order valence-electron chi connectivity index (χ1n) is 11.5. The number of ether oxygens (including phenoxy) is 1. The molecular weight excluding hydrogens is 440 g/mol. The second-order valence-electron chi connectivity index (χ2n) is 8.19. The molecule has 3 N–H and O–H groups in total. The van der Waals surface area contributed by atoms with Gasteiger partial charge >= 0.3 is 0 Å². The van der Waals surface area contributed by atoms with E-state index in [9.17, 15) is 0 Å². The van der Waals surface area contributed by atoms with Crippen LogP contribution in [0.25, 0.3) is 21.7 Å². The van der Waals surface area contributed by atoms with E-state index in [0.29, 0.717) is 31.1 Å². The maximum atomic E-state index is 5.50. The number of nitrogens with one attached hydrogen (secondary N) is 3. The second-order valence-corrected chi connectivity index (χ2v) is 8.19. The predicted octanol–water partition coefficient (Wildman–Crippen LogP) is 4.53. The van der Waals surface area contributed by atoms with Crippen LogP contribution in [0.5, 0.6) is 0 Å². The van der Waals surface area contributed by atoms with Gasteiger partial charge in [0.05, 0.1) is 19.4 Å². The Morgan fingerprint density at radius 3 is 2.54 bits per heavy atom. The van der Waals surface area contributed by atoms with Crippen LogP contribution in [-0.2, 0) is 4.74 Å². The summed E-state index contributed by atoms with van der Waals surface area (Å²) >= 11 is 0. The van der Waals surface area contributed by atoms with E-state index in [2.05, 4.69) is 60.0 Å². The monoisotopic (exact) mass is 464 g/mol. The van der Waals surface area contributed by atoms with Crippen molar-refractivity contribution < 1.29 is 4.74 Å². The van der Waals surface area contributed by atoms with Crippen molar-refractivity contribution in [3.8, 4) is 0 Å². The van der Waals surface area contributed by atoms with Crippen molar-refractivity contribution in [1.29, 1.82) is 0 Å². The minimum Gasteiger partial charge on any atom is -0.378 e. The van der Waals surface area contributed by atoms with Gasteiger partial charge in [0.15, 0.2) is 0 Å². The molecule has 3 aromatic carbocycles. The van der Waals surface area contributed by atoms with Crippen molar-refractivity contribution in [2.75, 3.05) is 41.9 Å². The van der Waals surface area contributed by atoms with Gasteiger partial charge in [-0.2, -0.15) is 20.1 Å². The normalized spacial score (nSPS) is 14.1. The molecule has 0 bridgehead atoms. The molecule has 0 unspecified atom stereocenters. The number of hydrogen-bond acceptors (Lipinski definition) is 8. The Hall–Kier alpha value is -4.50. The van der Waals surface area contributed by atoms with Crippen LogP contribution in [0, 0.1) is 0 Å². The highest BCUT2D eigenvalue weighted by Crippen LogP contribution is 2.26. The lowest BCUT2D eigenvalue weighted by atomic mass is 10.1. The van der Waals surface area contributed by atoms with Gasteiger partial charge in [0, 0.05) is 46.8 Å². The number of benzene rings is 3. The standard InChI is InChI=1S/C26H24N8O/c1-2-8-20-18(6-1)7-5-11-23(20)29-24-30-25(32-26(31-24)34-12-14-35-15-13-34)33-28-17-19-16-27-22-10-4-3-9-21(19)22/h1-11,16-17,27H,12-15H2,(H2,29,30,31,32,33)/b28-17-. The van der Waals surface area contributed by atoms with Crippen molar-refractivity contribution in [3.63, 3.8) is 0 Å². The van der Waals surface area contributed by atoms with E-state index >= 15 is 0 Å². The summed E-state index contributed by atoms with van der Waals surface area (Å²) in [6, 6.07) is 22.4. The van der Waals surface area contributed by atoms with E-state index in [1.165, 1.54) is 0 Å². The summed E-state index contributed by atoms with van der Waals surface area (Å²) in [5, 5.41) is 11.1. The van der Waals surface area contributed by atoms with Crippen LogP contribution in [0.4, 0.5) is 23.5 Å². The number of hydrogen-bond donors (Lipinski definition) is 3. The Labute approximate surface area is 201 Å². The number of fused-ring (bicyclic) bond motifs is 2. The fourth-order valence-electron chi connectivity index (χ4n) is 4.19. The molecule has 3 heterocycles. The largest absolute Gasteiger partial charge is 0.378 e. The van der Waals surface area contributed by atoms with Crippen LogP contribution < -0.4 is 15.6 Å². The molecule has 0 atom stereocenters. The summed E-state index contributed by atoms with van der Waals surface area (Å²) in [5.41, 5.74) is 5.95. The zero-order valence-corrected chi connectivity index (χ0v) is 19.0. The number of aromatic nitrogens is 4. The molecule has 0 spiro atoms. The Balaban J connectivity index is 1.31. The zero-order chi connectivity index (χ0) is 23.5. The van der Waals surface area contributed by atoms with Gasteiger partial charge in [-0.25, -0.2) is 5.43 Å². The number of para-hydroxylation sites is 1. The van der Waals surface area contributed by atoms with Crippen LogP contribution in [0.1, 0.15) is 5.56 Å². The van der Waals surface area contributed by atoms with Crippen LogP contribution in [-0.4, -0.2) is 52.5 Å². The second kappa shape index (κ2) is 9.40. The topological polar surface area (TPSA) is 103 Å². The van der Waals surface area contributed by atoms with Crippen LogP contribution in [0.15, 0.2) is 78.0 Å². The fourth-order valence-corrected chi connectivity index (χ4v) is 4.19. The third-order valence-corrected chi connectivity index (χ3v) is 5.94. The number of anilines is 4. The third kappa shape index (κ3) is 4.49. The first-order chi connectivity index (χ1) is 17.3. The molecule has 1 aliphatic rings. The Morgan fingerprint density at radius 1 is 0.857 bits per heavy atom. The lowest BCUT2D eigenvalue weighted by molar-refractivity contribution is 0.122. The van der Waals surface area contributed by atoms with Gasteiger partial charge < -0.3 is 19.9 Å². The molecule has 1 aliphatic heterocycles. The van der Waals surface area contributed by atoms with Gasteiger partial charge in [0.25, 0.3) is 0 Å². The summed E-state index contributed by atoms with van der Waals surface area (Å²) < 4.78 is 5.50. The first-order valence-corrected chi connectivity index (χ1v) is 11.5. The van der Waals surface area contributed by atoms with E-state index in [1.807, 2.05) is 48.7 Å². The minimum atomic E-state index is 0.361. The quantitative estimate of drug-likeness (QED) is 0.251. The molecule has 174 valence electrons. The highest BCUT2D eigenvalue weighted by molar-refractivity contribution is 5.99. The van der Waals surface area contributed by atoms with Crippen molar-refractivity contribution in [2.45, 2.75) is 0 Å². The van der Waals surface area contributed by atoms with Gasteiger partial charge in [0.1, 0.15) is 0 Å². The molecule has 6 rings (SSSR count). The van der Waals surface area contributed by atoms with E-state index in [4.69, 9.17) is 9.72 Å². The number of hydrazone groups is 1. The van der Waals surface area contributed by atoms with E-state index in [0.717, 1.165) is 46.0 Å². The van der Waals surface area contributed by atoms with Gasteiger partial charge in [0.2, 0.25) is 17.8 Å². The highest BCUT2D eigenvalue weighted by atomic mass is 16.5. The summed E-state index contributed by atoms with van der Waals surface area (Å²) in [6.45, 7) is 2.71. The minimum absolute atomic E-state index is 0.361. The maximum absolute atomic E-state index is 5.50. The van der Waals surface area contributed by atoms with Gasteiger partial charge in [-0.15, -0.1) is 0 Å². The molecule has 0 saturated carbocycles. The predicted molar refractivity (Wildman–Crippen MR) is 140 cm³/mol. The molecule has 1 saturated heterocycles. The number of H-pyrrole nitrogens is 1. The first kappa shape index (κ1) is 21.1. The number of morpholine rings is 1. The summed E-state index contributed by atoms with van der Waals surface area (Å²) in [4.78, 5) is 19.2. The van der Waals surface area contributed by atoms with Gasteiger partial charge in [-0.05, 0) is 17.5 Å². The molecule has 35 heavy (non-hydrogen) atoms. The maximum Gasteiger partial charge on any atom is 0.250 e. The molecule has 0 amide bonds. The lowest BCUT2D eigenvalue weighted by Gasteiger charge is -2.27. The van der Waals surface area contributed by atoms with Crippen LogP contribution >= 0.6 is 0 Å². The molecular formula is C26H24N8O. The molecule has 0 aliphatic carbocycles. The number of nitrogens with zero attached hydrogens (tertiary/aromatic N) is 5. The summed E-state index contributed by atoms with van der Waals surface area (Å²) in [5.74, 6) is 1.39.